The van der Waals surface area contributed by atoms with Gasteiger partial charge in [-0.05, 0) is 30.5 Å². The van der Waals surface area contributed by atoms with E-state index in [4.69, 9.17) is 17.3 Å². The molecule has 1 aromatic carbocycles. The first-order valence-corrected chi connectivity index (χ1v) is 7.46. The lowest BCUT2D eigenvalue weighted by Gasteiger charge is -2.22. The topological polar surface area (TPSA) is 46.3 Å². The molecular formula is C14H20BrClN2O. The highest BCUT2D eigenvalue weighted by Gasteiger charge is 2.16. The fraction of sp³-hybridized carbons (Fsp3) is 0.500. The van der Waals surface area contributed by atoms with Crippen LogP contribution < -0.4 is 5.73 Å². The highest BCUT2D eigenvalue weighted by atomic mass is 79.9. The van der Waals surface area contributed by atoms with Gasteiger partial charge in [0.25, 0.3) is 5.91 Å². The summed E-state index contributed by atoms with van der Waals surface area (Å²) >= 11 is 9.40. The van der Waals surface area contributed by atoms with Crippen molar-refractivity contribution in [2.24, 2.45) is 11.7 Å². The molecule has 1 rings (SSSR count). The molecule has 2 N–H and O–H groups in total. The Balaban J connectivity index is 2.66. The van der Waals surface area contributed by atoms with E-state index in [1.165, 1.54) is 0 Å². The van der Waals surface area contributed by atoms with Crippen LogP contribution in [0.25, 0.3) is 0 Å². The van der Waals surface area contributed by atoms with E-state index >= 15 is 0 Å². The van der Waals surface area contributed by atoms with Gasteiger partial charge in [0.2, 0.25) is 0 Å². The molecule has 0 bridgehead atoms. The van der Waals surface area contributed by atoms with Crippen molar-refractivity contribution >= 4 is 33.4 Å². The Morgan fingerprint density at radius 2 is 2.11 bits per heavy atom. The summed E-state index contributed by atoms with van der Waals surface area (Å²) in [7, 11) is 1.77. The van der Waals surface area contributed by atoms with E-state index in [0.29, 0.717) is 23.0 Å². The Morgan fingerprint density at radius 3 is 2.63 bits per heavy atom. The summed E-state index contributed by atoms with van der Waals surface area (Å²) < 4.78 is 0.860. The minimum atomic E-state index is -0.0755. The van der Waals surface area contributed by atoms with Crippen LogP contribution in [0.15, 0.2) is 22.7 Å². The van der Waals surface area contributed by atoms with Crippen LogP contribution in [-0.4, -0.2) is 30.4 Å². The number of carbonyl (C=O) groups is 1. The summed E-state index contributed by atoms with van der Waals surface area (Å²) in [5.74, 6) is 0.341. The summed E-state index contributed by atoms with van der Waals surface area (Å²) in [6.45, 7) is 4.79. The van der Waals surface area contributed by atoms with Crippen molar-refractivity contribution in [2.75, 3.05) is 13.6 Å². The lowest BCUT2D eigenvalue weighted by Crippen LogP contribution is -2.34. The maximum Gasteiger partial charge on any atom is 0.255 e. The quantitative estimate of drug-likeness (QED) is 0.885. The van der Waals surface area contributed by atoms with Crippen LogP contribution in [0.1, 0.15) is 30.6 Å². The van der Waals surface area contributed by atoms with Crippen LogP contribution >= 0.6 is 27.5 Å². The summed E-state index contributed by atoms with van der Waals surface area (Å²) in [6.07, 6.45) is 0.786. The molecule has 1 aromatic rings. The average molecular weight is 348 g/mol. The molecule has 106 valence electrons. The van der Waals surface area contributed by atoms with Gasteiger partial charge in [0, 0.05) is 24.1 Å². The predicted octanol–water partition coefficient (Wildman–Crippen LogP) is 3.55. The van der Waals surface area contributed by atoms with Crippen molar-refractivity contribution in [2.45, 2.75) is 26.3 Å². The molecule has 0 radical (unpaired) electrons. The monoisotopic (exact) mass is 346 g/mol. The minimum Gasteiger partial charge on any atom is -0.342 e. The molecule has 1 atom stereocenters. The van der Waals surface area contributed by atoms with Crippen molar-refractivity contribution in [3.8, 4) is 0 Å². The van der Waals surface area contributed by atoms with E-state index in [1.54, 1.807) is 24.1 Å². The first-order valence-electron chi connectivity index (χ1n) is 6.29. The SMILES string of the molecule is CC(C)C(N)CCN(C)C(=O)c1ccc(Br)cc1Cl. The van der Waals surface area contributed by atoms with Crippen molar-refractivity contribution in [1.82, 2.24) is 4.90 Å². The van der Waals surface area contributed by atoms with Gasteiger partial charge >= 0.3 is 0 Å². The number of amides is 1. The zero-order valence-electron chi connectivity index (χ0n) is 11.5. The molecule has 0 heterocycles. The Kier molecular flexibility index (Phi) is 6.30. The van der Waals surface area contributed by atoms with Crippen LogP contribution in [0.4, 0.5) is 0 Å². The largest absolute Gasteiger partial charge is 0.342 e. The molecule has 0 aliphatic rings. The second-order valence-electron chi connectivity index (χ2n) is 5.05. The molecule has 0 aliphatic carbocycles. The highest BCUT2D eigenvalue weighted by Crippen LogP contribution is 2.22. The molecule has 0 spiro atoms. The Bertz CT molecular complexity index is 451. The molecule has 3 nitrogen and oxygen atoms in total. The number of benzene rings is 1. The predicted molar refractivity (Wildman–Crippen MR) is 83.5 cm³/mol. The van der Waals surface area contributed by atoms with Gasteiger partial charge in [-0.25, -0.2) is 0 Å². The van der Waals surface area contributed by atoms with Gasteiger partial charge in [-0.3, -0.25) is 4.79 Å². The maximum atomic E-state index is 12.2. The summed E-state index contributed by atoms with van der Waals surface area (Å²) in [6, 6.07) is 5.37. The van der Waals surface area contributed by atoms with Crippen LogP contribution in [0, 0.1) is 5.92 Å². The molecule has 19 heavy (non-hydrogen) atoms. The first kappa shape index (κ1) is 16.5. The van der Waals surface area contributed by atoms with Gasteiger partial charge in [0.1, 0.15) is 0 Å². The first-order chi connectivity index (χ1) is 8.82. The van der Waals surface area contributed by atoms with E-state index in [-0.39, 0.29) is 11.9 Å². The van der Waals surface area contributed by atoms with Gasteiger partial charge in [0.15, 0.2) is 0 Å². The lowest BCUT2D eigenvalue weighted by molar-refractivity contribution is 0.0789. The molecule has 0 aliphatic heterocycles. The fourth-order valence-corrected chi connectivity index (χ4v) is 2.40. The Hall–Kier alpha value is -0.580. The van der Waals surface area contributed by atoms with Gasteiger partial charge in [-0.15, -0.1) is 0 Å². The third kappa shape index (κ3) is 4.79. The molecule has 0 saturated carbocycles. The van der Waals surface area contributed by atoms with Crippen LogP contribution in [0.5, 0.6) is 0 Å². The van der Waals surface area contributed by atoms with E-state index in [2.05, 4.69) is 29.8 Å². The molecule has 0 fully saturated rings. The number of hydrogen-bond donors (Lipinski definition) is 1. The molecule has 0 saturated heterocycles. The summed E-state index contributed by atoms with van der Waals surface area (Å²) in [5.41, 5.74) is 6.50. The number of rotatable bonds is 5. The number of halogens is 2. The van der Waals surface area contributed by atoms with Crippen LogP contribution in [-0.2, 0) is 0 Å². The number of nitrogens with two attached hydrogens (primary N) is 1. The molecule has 5 heteroatoms. The van der Waals surface area contributed by atoms with Gasteiger partial charge in [-0.2, -0.15) is 0 Å². The summed E-state index contributed by atoms with van der Waals surface area (Å²) in [4.78, 5) is 13.9. The van der Waals surface area contributed by atoms with Gasteiger partial charge in [0.05, 0.1) is 10.6 Å². The fourth-order valence-electron chi connectivity index (χ4n) is 1.65. The normalized spacial score (nSPS) is 12.6. The van der Waals surface area contributed by atoms with Crippen LogP contribution in [0.3, 0.4) is 0 Å². The van der Waals surface area contributed by atoms with Gasteiger partial charge in [-0.1, -0.05) is 41.4 Å². The second kappa shape index (κ2) is 7.27. The maximum absolute atomic E-state index is 12.2. The third-order valence-electron chi connectivity index (χ3n) is 3.16. The molecule has 1 unspecified atom stereocenters. The van der Waals surface area contributed by atoms with Gasteiger partial charge < -0.3 is 10.6 Å². The number of carbonyl (C=O) groups excluding carboxylic acids is 1. The smallest absolute Gasteiger partial charge is 0.255 e. The van der Waals surface area contributed by atoms with Crippen molar-refractivity contribution < 1.29 is 4.79 Å². The van der Waals surface area contributed by atoms with Crippen molar-refractivity contribution in [3.63, 3.8) is 0 Å². The van der Waals surface area contributed by atoms with Crippen molar-refractivity contribution in [1.29, 1.82) is 0 Å². The van der Waals surface area contributed by atoms with E-state index in [1.807, 2.05) is 6.07 Å². The minimum absolute atomic E-state index is 0.0755. The lowest BCUT2D eigenvalue weighted by atomic mass is 10.0. The Labute approximate surface area is 128 Å². The Morgan fingerprint density at radius 1 is 1.47 bits per heavy atom. The van der Waals surface area contributed by atoms with E-state index in [0.717, 1.165) is 10.9 Å². The van der Waals surface area contributed by atoms with Crippen molar-refractivity contribution in [3.05, 3.63) is 33.3 Å². The molecule has 0 aromatic heterocycles. The standard InChI is InChI=1S/C14H20BrClN2O/c1-9(2)13(17)6-7-18(3)14(19)11-5-4-10(15)8-12(11)16/h4-5,8-9,13H,6-7,17H2,1-3H3. The summed E-state index contributed by atoms with van der Waals surface area (Å²) in [5, 5.41) is 0.458. The van der Waals surface area contributed by atoms with E-state index in [9.17, 15) is 4.79 Å². The molecular weight excluding hydrogens is 328 g/mol. The molecule has 1 amide bonds. The number of nitrogens with zero attached hydrogens (tertiary/aromatic N) is 1. The van der Waals surface area contributed by atoms with Crippen LogP contribution in [0.2, 0.25) is 5.02 Å². The second-order valence-corrected chi connectivity index (χ2v) is 6.37. The zero-order valence-corrected chi connectivity index (χ0v) is 13.8. The highest BCUT2D eigenvalue weighted by molar-refractivity contribution is 9.10. The average Bonchev–Trinajstić information content (AvgIpc) is 2.34. The third-order valence-corrected chi connectivity index (χ3v) is 3.97. The number of hydrogen-bond acceptors (Lipinski definition) is 2. The zero-order chi connectivity index (χ0) is 14.6. The van der Waals surface area contributed by atoms with E-state index < -0.39 is 0 Å².